The molecule has 0 aliphatic rings. The van der Waals surface area contributed by atoms with Crippen LogP contribution in [-0.2, 0) is 22.6 Å². The molecule has 0 unspecified atom stereocenters. The summed E-state index contributed by atoms with van der Waals surface area (Å²) in [7, 11) is 1.34. The number of methoxy groups -OCH3 is 1. The molecule has 0 fully saturated rings. The standard InChI is InChI=1S/C31H34N4O3S/c1-22-9-11-23(12-10-22)20-35-21-32-18-26(35)19-33-25-13-14-27(28(17-25)24-7-5-4-6-8-24)30(36)34-29(15-16-39-3)31(37)38-2/h4-14,17-18,21,29,33H,15-16,19-20H2,1-3H3,(H,34,36)/t29-/m0/s1. The molecule has 1 atom stereocenters. The number of esters is 1. The second kappa shape index (κ2) is 13.7. The molecular formula is C31H34N4O3S. The molecule has 1 amide bonds. The number of anilines is 1. The first kappa shape index (κ1) is 28.0. The van der Waals surface area contributed by atoms with Gasteiger partial charge in [-0.15, -0.1) is 0 Å². The van der Waals surface area contributed by atoms with Crippen LogP contribution >= 0.6 is 11.8 Å². The number of nitrogens with zero attached hydrogens (tertiary/aromatic N) is 2. The predicted molar refractivity (Wildman–Crippen MR) is 158 cm³/mol. The van der Waals surface area contributed by atoms with Crippen molar-refractivity contribution in [3.05, 3.63) is 108 Å². The van der Waals surface area contributed by atoms with Crippen molar-refractivity contribution in [2.75, 3.05) is 24.4 Å². The van der Waals surface area contributed by atoms with Gasteiger partial charge in [-0.1, -0.05) is 60.2 Å². The Kier molecular flexibility index (Phi) is 9.80. The average molecular weight is 543 g/mol. The summed E-state index contributed by atoms with van der Waals surface area (Å²) in [6.07, 6.45) is 6.16. The second-order valence-electron chi connectivity index (χ2n) is 9.31. The van der Waals surface area contributed by atoms with Gasteiger partial charge in [-0.05, 0) is 60.2 Å². The SMILES string of the molecule is COC(=O)[C@H](CCSC)NC(=O)c1ccc(NCc2cncn2Cc2ccc(C)cc2)cc1-c1ccccc1. The van der Waals surface area contributed by atoms with Gasteiger partial charge in [0.25, 0.3) is 5.91 Å². The highest BCUT2D eigenvalue weighted by atomic mass is 32.2. The number of carbonyl (C=O) groups is 2. The van der Waals surface area contributed by atoms with Gasteiger partial charge in [0.15, 0.2) is 0 Å². The molecule has 39 heavy (non-hydrogen) atoms. The molecule has 4 rings (SSSR count). The van der Waals surface area contributed by atoms with Crippen LogP contribution in [0.1, 0.15) is 33.6 Å². The molecule has 3 aromatic carbocycles. The number of rotatable bonds is 12. The van der Waals surface area contributed by atoms with Crippen molar-refractivity contribution in [1.82, 2.24) is 14.9 Å². The van der Waals surface area contributed by atoms with Crippen LogP contribution in [-0.4, -0.2) is 46.6 Å². The Bertz CT molecular complexity index is 1390. The summed E-state index contributed by atoms with van der Waals surface area (Å²) in [6.45, 7) is 3.40. The maximum Gasteiger partial charge on any atom is 0.328 e. The number of hydrogen-bond donors (Lipinski definition) is 2. The number of aryl methyl sites for hydroxylation is 1. The van der Waals surface area contributed by atoms with Gasteiger partial charge in [0.05, 0.1) is 25.7 Å². The lowest BCUT2D eigenvalue weighted by Gasteiger charge is -2.18. The minimum atomic E-state index is -0.704. The molecule has 202 valence electrons. The molecule has 8 heteroatoms. The fourth-order valence-electron chi connectivity index (χ4n) is 4.29. The Hall–Kier alpha value is -4.04. The van der Waals surface area contributed by atoms with Crippen LogP contribution in [0.5, 0.6) is 0 Å². The number of ether oxygens (including phenoxy) is 1. The van der Waals surface area contributed by atoms with E-state index in [0.29, 0.717) is 18.5 Å². The summed E-state index contributed by atoms with van der Waals surface area (Å²) in [4.78, 5) is 30.0. The third-order valence-corrected chi connectivity index (χ3v) is 7.14. The van der Waals surface area contributed by atoms with Crippen molar-refractivity contribution in [2.24, 2.45) is 0 Å². The molecule has 0 saturated carbocycles. The summed E-state index contributed by atoms with van der Waals surface area (Å²) >= 11 is 1.62. The van der Waals surface area contributed by atoms with Crippen molar-refractivity contribution >= 4 is 29.3 Å². The maximum absolute atomic E-state index is 13.4. The number of aromatic nitrogens is 2. The first-order chi connectivity index (χ1) is 19.0. The lowest BCUT2D eigenvalue weighted by molar-refractivity contribution is -0.142. The monoisotopic (exact) mass is 542 g/mol. The van der Waals surface area contributed by atoms with Gasteiger partial charge in [-0.25, -0.2) is 9.78 Å². The van der Waals surface area contributed by atoms with E-state index in [1.165, 1.54) is 18.2 Å². The third-order valence-electron chi connectivity index (χ3n) is 6.50. The Morgan fingerprint density at radius 3 is 2.54 bits per heavy atom. The van der Waals surface area contributed by atoms with E-state index in [1.807, 2.05) is 61.2 Å². The van der Waals surface area contributed by atoms with Gasteiger partial charge in [0.2, 0.25) is 0 Å². The van der Waals surface area contributed by atoms with Crippen molar-refractivity contribution in [2.45, 2.75) is 32.5 Å². The minimum Gasteiger partial charge on any atom is -0.467 e. The summed E-state index contributed by atoms with van der Waals surface area (Å²) in [5.74, 6) is -0.0261. The number of imidazole rings is 1. The van der Waals surface area contributed by atoms with E-state index in [-0.39, 0.29) is 5.91 Å². The Labute approximate surface area is 234 Å². The van der Waals surface area contributed by atoms with Gasteiger partial charge >= 0.3 is 5.97 Å². The summed E-state index contributed by atoms with van der Waals surface area (Å²) in [5, 5.41) is 6.36. The smallest absolute Gasteiger partial charge is 0.328 e. The van der Waals surface area contributed by atoms with Crippen LogP contribution in [0.4, 0.5) is 5.69 Å². The van der Waals surface area contributed by atoms with Crippen molar-refractivity contribution in [3.8, 4) is 11.1 Å². The van der Waals surface area contributed by atoms with Crippen LogP contribution < -0.4 is 10.6 Å². The number of hydrogen-bond acceptors (Lipinski definition) is 6. The third kappa shape index (κ3) is 7.51. The first-order valence-corrected chi connectivity index (χ1v) is 14.2. The van der Waals surface area contributed by atoms with Gasteiger partial charge in [0.1, 0.15) is 6.04 Å². The Balaban J connectivity index is 1.54. The first-order valence-electron chi connectivity index (χ1n) is 12.8. The molecule has 1 aromatic heterocycles. The lowest BCUT2D eigenvalue weighted by atomic mass is 9.98. The van der Waals surface area contributed by atoms with Crippen LogP contribution in [0.2, 0.25) is 0 Å². The minimum absolute atomic E-state index is 0.312. The van der Waals surface area contributed by atoms with E-state index in [0.717, 1.165) is 34.8 Å². The molecule has 4 aromatic rings. The molecule has 0 spiro atoms. The van der Waals surface area contributed by atoms with E-state index >= 15 is 0 Å². The fourth-order valence-corrected chi connectivity index (χ4v) is 4.76. The van der Waals surface area contributed by atoms with Gasteiger partial charge in [-0.3, -0.25) is 4.79 Å². The van der Waals surface area contributed by atoms with E-state index < -0.39 is 12.0 Å². The predicted octanol–water partition coefficient (Wildman–Crippen LogP) is 5.54. The largest absolute Gasteiger partial charge is 0.467 e. The van der Waals surface area contributed by atoms with Crippen molar-refractivity contribution < 1.29 is 14.3 Å². The molecule has 0 bridgehead atoms. The van der Waals surface area contributed by atoms with E-state index in [9.17, 15) is 9.59 Å². The highest BCUT2D eigenvalue weighted by molar-refractivity contribution is 7.98. The number of amides is 1. The molecule has 0 radical (unpaired) electrons. The molecule has 0 saturated heterocycles. The van der Waals surface area contributed by atoms with Gasteiger partial charge in [0, 0.05) is 24.0 Å². The molecule has 0 aliphatic heterocycles. The molecule has 2 N–H and O–H groups in total. The number of carbonyl (C=O) groups excluding carboxylic acids is 2. The Morgan fingerprint density at radius 1 is 1.05 bits per heavy atom. The number of benzene rings is 3. The van der Waals surface area contributed by atoms with Crippen LogP contribution in [0.25, 0.3) is 11.1 Å². The van der Waals surface area contributed by atoms with Crippen LogP contribution in [0, 0.1) is 6.92 Å². The van der Waals surface area contributed by atoms with Gasteiger partial charge in [-0.2, -0.15) is 11.8 Å². The maximum atomic E-state index is 13.4. The quantitative estimate of drug-likeness (QED) is 0.229. The van der Waals surface area contributed by atoms with E-state index in [1.54, 1.807) is 17.8 Å². The topological polar surface area (TPSA) is 85.2 Å². The summed E-state index contributed by atoms with van der Waals surface area (Å²) in [5.41, 5.74) is 6.56. The second-order valence-corrected chi connectivity index (χ2v) is 10.3. The summed E-state index contributed by atoms with van der Waals surface area (Å²) in [6, 6.07) is 23.2. The highest BCUT2D eigenvalue weighted by Crippen LogP contribution is 2.28. The van der Waals surface area contributed by atoms with Crippen LogP contribution in [0.15, 0.2) is 85.3 Å². The number of thioether (sulfide) groups is 1. The van der Waals surface area contributed by atoms with E-state index in [2.05, 4.69) is 51.4 Å². The molecular weight excluding hydrogens is 508 g/mol. The van der Waals surface area contributed by atoms with Gasteiger partial charge < -0.3 is 19.9 Å². The lowest BCUT2D eigenvalue weighted by Crippen LogP contribution is -2.42. The fraction of sp³-hybridized carbons (Fsp3) is 0.258. The van der Waals surface area contributed by atoms with Crippen molar-refractivity contribution in [3.63, 3.8) is 0 Å². The average Bonchev–Trinajstić information content (AvgIpc) is 3.41. The zero-order valence-corrected chi connectivity index (χ0v) is 23.3. The Morgan fingerprint density at radius 2 is 1.82 bits per heavy atom. The molecule has 7 nitrogen and oxygen atoms in total. The normalized spacial score (nSPS) is 11.6. The zero-order chi connectivity index (χ0) is 27.6. The number of nitrogens with one attached hydrogen (secondary N) is 2. The van der Waals surface area contributed by atoms with Crippen molar-refractivity contribution in [1.29, 1.82) is 0 Å². The molecule has 1 heterocycles. The van der Waals surface area contributed by atoms with E-state index in [4.69, 9.17) is 4.74 Å². The summed E-state index contributed by atoms with van der Waals surface area (Å²) < 4.78 is 7.04. The molecule has 0 aliphatic carbocycles. The van der Waals surface area contributed by atoms with Crippen LogP contribution in [0.3, 0.4) is 0 Å². The highest BCUT2D eigenvalue weighted by Gasteiger charge is 2.23. The zero-order valence-electron chi connectivity index (χ0n) is 22.5.